The van der Waals surface area contributed by atoms with Crippen molar-refractivity contribution < 1.29 is 4.79 Å². The molecule has 0 atom stereocenters. The fourth-order valence-electron chi connectivity index (χ4n) is 1.99. The highest BCUT2D eigenvalue weighted by Crippen LogP contribution is 2.26. The second-order valence-electron chi connectivity index (χ2n) is 4.63. The largest absolute Gasteiger partial charge is 0.382 e. The second kappa shape index (κ2) is 6.41. The zero-order valence-electron chi connectivity index (χ0n) is 11.9. The lowest BCUT2D eigenvalue weighted by Gasteiger charge is -2.09. The van der Waals surface area contributed by atoms with Gasteiger partial charge in [0.05, 0.1) is 0 Å². The fraction of sp³-hybridized carbons (Fsp3) is 0. The molecule has 0 fully saturated rings. The van der Waals surface area contributed by atoms with Crippen molar-refractivity contribution in [3.8, 4) is 11.3 Å². The van der Waals surface area contributed by atoms with E-state index in [-0.39, 0.29) is 16.7 Å². The second-order valence-corrected chi connectivity index (χ2v) is 4.99. The Labute approximate surface area is 137 Å². The monoisotopic (exact) mass is 325 g/mol. The molecule has 6 nitrogen and oxygen atoms in total. The average Bonchev–Trinajstić information content (AvgIpc) is 2.56. The summed E-state index contributed by atoms with van der Waals surface area (Å²) in [7, 11) is 0. The number of nitrogen functional groups attached to an aromatic ring is 1. The van der Waals surface area contributed by atoms with E-state index in [2.05, 4.69) is 20.3 Å². The maximum absolute atomic E-state index is 12.4. The van der Waals surface area contributed by atoms with Gasteiger partial charge in [0.25, 0.3) is 5.91 Å². The summed E-state index contributed by atoms with van der Waals surface area (Å²) in [5, 5.41) is 2.76. The maximum atomic E-state index is 12.4. The van der Waals surface area contributed by atoms with Crippen LogP contribution in [0, 0.1) is 0 Å². The minimum atomic E-state index is -0.498. The van der Waals surface area contributed by atoms with Gasteiger partial charge in [-0.25, -0.2) is 15.0 Å². The molecule has 0 spiro atoms. The van der Waals surface area contributed by atoms with Crippen LogP contribution in [0.1, 0.15) is 10.5 Å². The summed E-state index contributed by atoms with van der Waals surface area (Å²) in [4.78, 5) is 24.7. The van der Waals surface area contributed by atoms with Crippen molar-refractivity contribution in [3.05, 3.63) is 65.6 Å². The average molecular weight is 326 g/mol. The van der Waals surface area contributed by atoms with Crippen LogP contribution in [0.15, 0.2) is 54.7 Å². The molecule has 1 amide bonds. The molecule has 2 heterocycles. The van der Waals surface area contributed by atoms with E-state index in [4.69, 9.17) is 17.3 Å². The smallest absolute Gasteiger partial charge is 0.279 e. The van der Waals surface area contributed by atoms with E-state index in [1.807, 2.05) is 30.3 Å². The number of halogens is 1. The first kappa shape index (κ1) is 14.9. The molecule has 23 heavy (non-hydrogen) atoms. The van der Waals surface area contributed by atoms with Crippen LogP contribution < -0.4 is 11.1 Å². The first-order valence-electron chi connectivity index (χ1n) is 6.76. The van der Waals surface area contributed by atoms with Gasteiger partial charge < -0.3 is 11.1 Å². The third-order valence-electron chi connectivity index (χ3n) is 3.05. The van der Waals surface area contributed by atoms with E-state index in [1.54, 1.807) is 24.4 Å². The highest BCUT2D eigenvalue weighted by Gasteiger charge is 2.18. The summed E-state index contributed by atoms with van der Waals surface area (Å²) in [6.07, 6.45) is 1.57. The van der Waals surface area contributed by atoms with Crippen LogP contribution >= 0.6 is 11.6 Å². The summed E-state index contributed by atoms with van der Waals surface area (Å²) < 4.78 is 0. The van der Waals surface area contributed by atoms with Crippen molar-refractivity contribution in [2.24, 2.45) is 0 Å². The lowest BCUT2D eigenvalue weighted by Crippen LogP contribution is -2.18. The molecular weight excluding hydrogens is 314 g/mol. The number of aromatic nitrogens is 3. The molecule has 0 aliphatic heterocycles. The lowest BCUT2D eigenvalue weighted by molar-refractivity contribution is 0.102. The predicted octanol–water partition coefficient (Wildman–Crippen LogP) is 3.03. The number of carbonyl (C=O) groups excluding carboxylic acids is 1. The fourth-order valence-corrected chi connectivity index (χ4v) is 2.23. The molecule has 2 aromatic heterocycles. The first-order chi connectivity index (χ1) is 11.1. The van der Waals surface area contributed by atoms with Gasteiger partial charge in [0.2, 0.25) is 0 Å². The molecule has 0 radical (unpaired) electrons. The zero-order chi connectivity index (χ0) is 16.2. The molecular formula is C16H12ClN5O. The van der Waals surface area contributed by atoms with Crippen molar-refractivity contribution in [1.82, 2.24) is 15.0 Å². The van der Waals surface area contributed by atoms with Crippen LogP contribution in [-0.4, -0.2) is 20.9 Å². The molecule has 0 aliphatic carbocycles. The lowest BCUT2D eigenvalue weighted by atomic mass is 10.1. The molecule has 114 valence electrons. The quantitative estimate of drug-likeness (QED) is 0.772. The van der Waals surface area contributed by atoms with E-state index >= 15 is 0 Å². The molecule has 3 rings (SSSR count). The number of anilines is 2. The topological polar surface area (TPSA) is 93.8 Å². The van der Waals surface area contributed by atoms with Gasteiger partial charge in [0.15, 0.2) is 16.7 Å². The Morgan fingerprint density at radius 1 is 1.04 bits per heavy atom. The van der Waals surface area contributed by atoms with Crippen LogP contribution in [0.5, 0.6) is 0 Å². The Hall–Kier alpha value is -2.99. The Morgan fingerprint density at radius 3 is 2.48 bits per heavy atom. The Balaban J connectivity index is 1.98. The summed E-state index contributed by atoms with van der Waals surface area (Å²) in [6, 6.07) is 14.4. The molecule has 0 saturated heterocycles. The SMILES string of the molecule is Nc1nc(Cl)c(-c2ccccc2)nc1C(=O)Nc1ccccn1. The van der Waals surface area contributed by atoms with Crippen molar-refractivity contribution in [3.63, 3.8) is 0 Å². The Morgan fingerprint density at radius 2 is 1.78 bits per heavy atom. The number of nitrogens with zero attached hydrogens (tertiary/aromatic N) is 3. The summed E-state index contributed by atoms with van der Waals surface area (Å²) in [5.41, 5.74) is 6.93. The van der Waals surface area contributed by atoms with Gasteiger partial charge >= 0.3 is 0 Å². The standard InChI is InChI=1S/C16H12ClN5O/c17-14-12(10-6-2-1-3-7-10)21-13(15(18)22-14)16(23)20-11-8-4-5-9-19-11/h1-9H,(H2,18,22)(H,19,20,23). The van der Waals surface area contributed by atoms with Gasteiger partial charge in [-0.3, -0.25) is 4.79 Å². The molecule has 0 aliphatic rings. The van der Waals surface area contributed by atoms with Crippen LogP contribution in [0.2, 0.25) is 5.15 Å². The van der Waals surface area contributed by atoms with Crippen LogP contribution in [0.25, 0.3) is 11.3 Å². The molecule has 3 aromatic rings. The first-order valence-corrected chi connectivity index (χ1v) is 7.14. The maximum Gasteiger partial charge on any atom is 0.279 e. The van der Waals surface area contributed by atoms with E-state index < -0.39 is 5.91 Å². The minimum Gasteiger partial charge on any atom is -0.382 e. The summed E-state index contributed by atoms with van der Waals surface area (Å²) >= 11 is 6.10. The number of benzene rings is 1. The molecule has 7 heteroatoms. The van der Waals surface area contributed by atoms with Gasteiger partial charge in [0.1, 0.15) is 11.5 Å². The number of nitrogens with one attached hydrogen (secondary N) is 1. The zero-order valence-corrected chi connectivity index (χ0v) is 12.7. The molecule has 0 unspecified atom stereocenters. The number of nitrogens with two attached hydrogens (primary N) is 1. The van der Waals surface area contributed by atoms with Crippen LogP contribution in [0.4, 0.5) is 11.6 Å². The van der Waals surface area contributed by atoms with Crippen LogP contribution in [-0.2, 0) is 0 Å². The highest BCUT2D eigenvalue weighted by molar-refractivity contribution is 6.32. The number of amides is 1. The number of pyridine rings is 1. The van der Waals surface area contributed by atoms with Gasteiger partial charge in [-0.1, -0.05) is 48.0 Å². The van der Waals surface area contributed by atoms with Crippen molar-refractivity contribution in [1.29, 1.82) is 0 Å². The van der Waals surface area contributed by atoms with Crippen LogP contribution in [0.3, 0.4) is 0 Å². The minimum absolute atomic E-state index is 0.00101. The third-order valence-corrected chi connectivity index (χ3v) is 3.31. The van der Waals surface area contributed by atoms with Gasteiger partial charge in [0, 0.05) is 11.8 Å². The van der Waals surface area contributed by atoms with Gasteiger partial charge in [-0.05, 0) is 12.1 Å². The highest BCUT2D eigenvalue weighted by atomic mass is 35.5. The van der Waals surface area contributed by atoms with E-state index in [9.17, 15) is 4.79 Å². The Bertz CT molecular complexity index is 840. The van der Waals surface area contributed by atoms with Gasteiger partial charge in [-0.15, -0.1) is 0 Å². The molecule has 1 aromatic carbocycles. The molecule has 0 bridgehead atoms. The van der Waals surface area contributed by atoms with E-state index in [0.29, 0.717) is 11.5 Å². The van der Waals surface area contributed by atoms with Crippen molar-refractivity contribution in [2.45, 2.75) is 0 Å². The number of hydrogen-bond donors (Lipinski definition) is 2. The number of rotatable bonds is 3. The van der Waals surface area contributed by atoms with Crippen molar-refractivity contribution in [2.75, 3.05) is 11.1 Å². The number of hydrogen-bond acceptors (Lipinski definition) is 5. The molecule has 0 saturated carbocycles. The third kappa shape index (κ3) is 3.27. The predicted molar refractivity (Wildman–Crippen MR) is 89.1 cm³/mol. The summed E-state index contributed by atoms with van der Waals surface area (Å²) in [6.45, 7) is 0. The van der Waals surface area contributed by atoms with Gasteiger partial charge in [-0.2, -0.15) is 0 Å². The number of carbonyl (C=O) groups is 1. The van der Waals surface area contributed by atoms with E-state index in [0.717, 1.165) is 5.56 Å². The molecule has 3 N–H and O–H groups in total. The Kier molecular flexibility index (Phi) is 4.16. The normalized spacial score (nSPS) is 10.3. The van der Waals surface area contributed by atoms with E-state index in [1.165, 1.54) is 0 Å². The van der Waals surface area contributed by atoms with Crippen molar-refractivity contribution >= 4 is 29.1 Å². The summed E-state index contributed by atoms with van der Waals surface area (Å²) in [5.74, 6) is -0.138.